The molecule has 0 amide bonds. The maximum absolute atomic E-state index is 5.73. The summed E-state index contributed by atoms with van der Waals surface area (Å²) in [6.45, 7) is 5.08. The van der Waals surface area contributed by atoms with Gasteiger partial charge in [-0.15, -0.1) is 20.4 Å². The third-order valence-corrected chi connectivity index (χ3v) is 5.92. The summed E-state index contributed by atoms with van der Waals surface area (Å²) in [6, 6.07) is 12.0. The summed E-state index contributed by atoms with van der Waals surface area (Å²) >= 11 is 1.51. The molecule has 0 aliphatic carbocycles. The van der Waals surface area contributed by atoms with Crippen molar-refractivity contribution in [3.8, 4) is 17.3 Å². The molecule has 10 heteroatoms. The standard InChI is InChI=1S/C21H22N6O3S/c1-2-15-5-3-6-16(13-15)27-20(26-8-11-28-12-9-26)24-25-21(27)31-14-18-22-23-19(30-18)17-7-4-10-29-17/h3-7,10,13H,2,8-9,11-12,14H2,1H3. The van der Waals surface area contributed by atoms with Crippen molar-refractivity contribution in [1.82, 2.24) is 25.0 Å². The molecule has 0 bridgehead atoms. The van der Waals surface area contributed by atoms with E-state index >= 15 is 0 Å². The van der Waals surface area contributed by atoms with Crippen LogP contribution in [0.2, 0.25) is 0 Å². The number of ether oxygens (including phenoxy) is 1. The van der Waals surface area contributed by atoms with Crippen LogP contribution in [-0.4, -0.2) is 51.3 Å². The number of nitrogens with zero attached hydrogens (tertiary/aromatic N) is 6. The van der Waals surface area contributed by atoms with Gasteiger partial charge in [0.1, 0.15) is 0 Å². The monoisotopic (exact) mass is 438 g/mol. The quantitative estimate of drug-likeness (QED) is 0.401. The predicted molar refractivity (Wildman–Crippen MR) is 115 cm³/mol. The van der Waals surface area contributed by atoms with E-state index in [1.165, 1.54) is 17.3 Å². The molecule has 4 heterocycles. The first kappa shape index (κ1) is 19.8. The molecule has 0 N–H and O–H groups in total. The Morgan fingerprint density at radius 3 is 2.74 bits per heavy atom. The summed E-state index contributed by atoms with van der Waals surface area (Å²) in [4.78, 5) is 2.21. The fourth-order valence-electron chi connectivity index (χ4n) is 3.40. The highest BCUT2D eigenvalue weighted by Crippen LogP contribution is 2.30. The van der Waals surface area contributed by atoms with Crippen molar-refractivity contribution in [3.63, 3.8) is 0 Å². The second-order valence-electron chi connectivity index (χ2n) is 7.01. The van der Waals surface area contributed by atoms with E-state index in [1.807, 2.05) is 0 Å². The second kappa shape index (κ2) is 8.94. The lowest BCUT2D eigenvalue weighted by atomic mass is 10.1. The van der Waals surface area contributed by atoms with E-state index in [-0.39, 0.29) is 0 Å². The van der Waals surface area contributed by atoms with Crippen LogP contribution < -0.4 is 4.90 Å². The Morgan fingerprint density at radius 1 is 1.03 bits per heavy atom. The molecule has 0 radical (unpaired) electrons. The smallest absolute Gasteiger partial charge is 0.283 e. The minimum absolute atomic E-state index is 0.367. The highest BCUT2D eigenvalue weighted by Gasteiger charge is 2.22. The zero-order valence-electron chi connectivity index (χ0n) is 17.1. The number of thioether (sulfide) groups is 1. The van der Waals surface area contributed by atoms with Gasteiger partial charge in [-0.3, -0.25) is 4.57 Å². The van der Waals surface area contributed by atoms with Gasteiger partial charge in [0.25, 0.3) is 5.89 Å². The summed E-state index contributed by atoms with van der Waals surface area (Å²) in [5.41, 5.74) is 2.30. The van der Waals surface area contributed by atoms with Gasteiger partial charge in [-0.1, -0.05) is 30.8 Å². The molecule has 4 aromatic rings. The Kier molecular flexibility index (Phi) is 5.72. The minimum atomic E-state index is 0.367. The number of aryl methyl sites for hydroxylation is 1. The van der Waals surface area contributed by atoms with E-state index in [0.29, 0.717) is 36.5 Å². The molecule has 0 saturated carbocycles. The van der Waals surface area contributed by atoms with Gasteiger partial charge in [0.2, 0.25) is 11.8 Å². The average Bonchev–Trinajstić information content (AvgIpc) is 3.59. The highest BCUT2D eigenvalue weighted by atomic mass is 32.2. The summed E-state index contributed by atoms with van der Waals surface area (Å²) in [7, 11) is 0. The number of hydrogen-bond donors (Lipinski definition) is 0. The molecule has 31 heavy (non-hydrogen) atoms. The third-order valence-electron chi connectivity index (χ3n) is 5.01. The number of rotatable bonds is 7. The maximum Gasteiger partial charge on any atom is 0.283 e. The summed E-state index contributed by atoms with van der Waals surface area (Å²) < 4.78 is 18.7. The average molecular weight is 439 g/mol. The Hall–Kier alpha value is -3.11. The van der Waals surface area contributed by atoms with Gasteiger partial charge in [0, 0.05) is 13.1 Å². The third kappa shape index (κ3) is 4.21. The molecule has 3 aromatic heterocycles. The topological polar surface area (TPSA) is 95.2 Å². The molecule has 1 fully saturated rings. The van der Waals surface area contributed by atoms with Crippen molar-refractivity contribution in [3.05, 3.63) is 54.1 Å². The molecule has 0 atom stereocenters. The zero-order valence-corrected chi connectivity index (χ0v) is 17.9. The van der Waals surface area contributed by atoms with Crippen LogP contribution in [0.4, 0.5) is 5.95 Å². The Morgan fingerprint density at radius 2 is 1.94 bits per heavy atom. The van der Waals surface area contributed by atoms with Gasteiger partial charge in [0.05, 0.1) is 30.9 Å². The predicted octanol–water partition coefficient (Wildman–Crippen LogP) is 3.60. The Labute approximate surface area is 183 Å². The lowest BCUT2D eigenvalue weighted by molar-refractivity contribution is 0.122. The van der Waals surface area contributed by atoms with Crippen molar-refractivity contribution >= 4 is 17.7 Å². The number of aromatic nitrogens is 5. The van der Waals surface area contributed by atoms with E-state index in [9.17, 15) is 0 Å². The SMILES string of the molecule is CCc1cccc(-n2c(SCc3nnc(-c4ccco4)o3)nnc2N2CCOCC2)c1. The van der Waals surface area contributed by atoms with Crippen molar-refractivity contribution in [2.75, 3.05) is 31.2 Å². The van der Waals surface area contributed by atoms with Crippen LogP contribution in [0.3, 0.4) is 0 Å². The molecule has 160 valence electrons. The van der Waals surface area contributed by atoms with Crippen LogP contribution in [-0.2, 0) is 16.9 Å². The van der Waals surface area contributed by atoms with E-state index in [4.69, 9.17) is 13.6 Å². The molecular formula is C21H22N6O3S. The lowest BCUT2D eigenvalue weighted by Crippen LogP contribution is -2.37. The van der Waals surface area contributed by atoms with E-state index < -0.39 is 0 Å². The molecule has 9 nitrogen and oxygen atoms in total. The molecule has 0 spiro atoms. The van der Waals surface area contributed by atoms with Crippen LogP contribution in [0.15, 0.2) is 56.7 Å². The van der Waals surface area contributed by atoms with Crippen molar-refractivity contribution < 1.29 is 13.6 Å². The number of morpholine rings is 1. The van der Waals surface area contributed by atoms with Crippen LogP contribution in [0.1, 0.15) is 18.4 Å². The van der Waals surface area contributed by atoms with Gasteiger partial charge in [-0.2, -0.15) is 0 Å². The number of benzene rings is 1. The number of hydrogen-bond acceptors (Lipinski definition) is 9. The molecular weight excluding hydrogens is 416 g/mol. The Bertz CT molecular complexity index is 1130. The Balaban J connectivity index is 1.43. The van der Waals surface area contributed by atoms with Gasteiger partial charge in [-0.25, -0.2) is 0 Å². The van der Waals surface area contributed by atoms with Crippen molar-refractivity contribution in [1.29, 1.82) is 0 Å². The fraction of sp³-hybridized carbons (Fsp3) is 0.333. The van der Waals surface area contributed by atoms with E-state index in [0.717, 1.165) is 36.3 Å². The van der Waals surface area contributed by atoms with Gasteiger partial charge in [0.15, 0.2) is 10.9 Å². The first-order chi connectivity index (χ1) is 15.3. The second-order valence-corrected chi connectivity index (χ2v) is 7.95. The largest absolute Gasteiger partial charge is 0.459 e. The molecule has 1 aliphatic rings. The normalized spacial score (nSPS) is 14.3. The lowest BCUT2D eigenvalue weighted by Gasteiger charge is -2.28. The highest BCUT2D eigenvalue weighted by molar-refractivity contribution is 7.98. The van der Waals surface area contributed by atoms with Crippen LogP contribution in [0.25, 0.3) is 17.3 Å². The molecule has 1 saturated heterocycles. The van der Waals surface area contributed by atoms with E-state index in [2.05, 4.69) is 61.1 Å². The van der Waals surface area contributed by atoms with Gasteiger partial charge < -0.3 is 18.5 Å². The van der Waals surface area contributed by atoms with E-state index in [1.54, 1.807) is 18.4 Å². The fourth-order valence-corrected chi connectivity index (χ4v) is 4.19. The van der Waals surface area contributed by atoms with Gasteiger partial charge in [-0.05, 0) is 36.2 Å². The molecule has 5 rings (SSSR count). The zero-order chi connectivity index (χ0) is 21.0. The van der Waals surface area contributed by atoms with Crippen molar-refractivity contribution in [2.45, 2.75) is 24.3 Å². The van der Waals surface area contributed by atoms with Crippen LogP contribution in [0.5, 0.6) is 0 Å². The first-order valence-corrected chi connectivity index (χ1v) is 11.2. The number of furan rings is 1. The number of anilines is 1. The molecule has 1 aromatic carbocycles. The summed E-state index contributed by atoms with van der Waals surface area (Å²) in [5.74, 6) is 2.72. The maximum atomic E-state index is 5.73. The first-order valence-electron chi connectivity index (χ1n) is 10.2. The molecule has 1 aliphatic heterocycles. The minimum Gasteiger partial charge on any atom is -0.459 e. The summed E-state index contributed by atoms with van der Waals surface area (Å²) in [5, 5.41) is 18.0. The van der Waals surface area contributed by atoms with Crippen molar-refractivity contribution in [2.24, 2.45) is 0 Å². The van der Waals surface area contributed by atoms with Crippen LogP contribution in [0, 0.1) is 0 Å². The van der Waals surface area contributed by atoms with Gasteiger partial charge >= 0.3 is 0 Å². The van der Waals surface area contributed by atoms with Crippen LogP contribution >= 0.6 is 11.8 Å². The summed E-state index contributed by atoms with van der Waals surface area (Å²) in [6.07, 6.45) is 2.54. The molecule has 0 unspecified atom stereocenters.